The van der Waals surface area contributed by atoms with E-state index in [2.05, 4.69) is 29.6 Å². The van der Waals surface area contributed by atoms with E-state index in [0.717, 1.165) is 22.3 Å². The number of ether oxygens (including phenoxy) is 2. The molecule has 180 valence electrons. The van der Waals surface area contributed by atoms with Crippen molar-refractivity contribution in [2.75, 3.05) is 19.7 Å². The zero-order chi connectivity index (χ0) is 24.5. The van der Waals surface area contributed by atoms with Gasteiger partial charge in [-0.3, -0.25) is 4.90 Å². The average molecular weight is 467 g/mol. The summed E-state index contributed by atoms with van der Waals surface area (Å²) in [5, 5.41) is 12.3. The quantitative estimate of drug-likeness (QED) is 0.683. The minimum atomic E-state index is -1.09. The maximum absolute atomic E-state index is 12.4. The van der Waals surface area contributed by atoms with Gasteiger partial charge in [0.05, 0.1) is 0 Å². The van der Waals surface area contributed by atoms with Crippen molar-refractivity contribution in [2.24, 2.45) is 5.92 Å². The third-order valence-electron chi connectivity index (χ3n) is 6.18. The fourth-order valence-electron chi connectivity index (χ4n) is 4.70. The molecule has 0 spiro atoms. The van der Waals surface area contributed by atoms with Gasteiger partial charge in [-0.1, -0.05) is 48.5 Å². The molecule has 1 fully saturated rings. The molecule has 2 aromatic carbocycles. The number of hydrogen-bond acceptors (Lipinski definition) is 5. The predicted octanol–water partition coefficient (Wildman–Crippen LogP) is 4.24. The van der Waals surface area contributed by atoms with E-state index in [-0.39, 0.29) is 38.0 Å². The Labute approximate surface area is 198 Å². The number of aliphatic carboxylic acids is 1. The summed E-state index contributed by atoms with van der Waals surface area (Å²) < 4.78 is 10.9. The normalized spacial score (nSPS) is 19.3. The first-order chi connectivity index (χ1) is 16.1. The van der Waals surface area contributed by atoms with Crippen LogP contribution in [0.4, 0.5) is 9.59 Å². The fraction of sp³-hybridized carbons (Fsp3) is 0.423. The zero-order valence-corrected chi connectivity index (χ0v) is 19.6. The Morgan fingerprint density at radius 1 is 1.03 bits per heavy atom. The SMILES string of the molecule is CC(C)(C)OC(=O)N1C[C@H](CNC(=O)OCC2c3ccccc3-c3ccccc32)C[C@H]1C(=O)O. The zero-order valence-electron chi connectivity index (χ0n) is 19.6. The van der Waals surface area contributed by atoms with E-state index in [1.54, 1.807) is 20.8 Å². The highest BCUT2D eigenvalue weighted by Gasteiger charge is 2.41. The lowest BCUT2D eigenvalue weighted by Crippen LogP contribution is -2.43. The van der Waals surface area contributed by atoms with Gasteiger partial charge in [0.2, 0.25) is 0 Å². The molecule has 0 bridgehead atoms. The number of nitrogens with zero attached hydrogens (tertiary/aromatic N) is 1. The van der Waals surface area contributed by atoms with Crippen molar-refractivity contribution < 1.29 is 29.0 Å². The van der Waals surface area contributed by atoms with Crippen LogP contribution in [0.25, 0.3) is 11.1 Å². The van der Waals surface area contributed by atoms with Crippen LogP contribution < -0.4 is 5.32 Å². The lowest BCUT2D eigenvalue weighted by atomic mass is 9.98. The van der Waals surface area contributed by atoms with Crippen molar-refractivity contribution in [3.8, 4) is 11.1 Å². The minimum Gasteiger partial charge on any atom is -0.480 e. The van der Waals surface area contributed by atoms with Gasteiger partial charge in [0.1, 0.15) is 18.2 Å². The van der Waals surface area contributed by atoms with Gasteiger partial charge in [-0.25, -0.2) is 14.4 Å². The number of nitrogens with one attached hydrogen (secondary N) is 1. The van der Waals surface area contributed by atoms with Crippen molar-refractivity contribution in [1.29, 1.82) is 0 Å². The van der Waals surface area contributed by atoms with Gasteiger partial charge >= 0.3 is 18.2 Å². The molecule has 2 aromatic rings. The number of benzene rings is 2. The second-order valence-electron chi connectivity index (χ2n) is 9.79. The number of likely N-dealkylation sites (tertiary alicyclic amines) is 1. The van der Waals surface area contributed by atoms with Crippen LogP contribution in [0.5, 0.6) is 0 Å². The Hall–Kier alpha value is -3.55. The van der Waals surface area contributed by atoms with Crippen LogP contribution in [0.3, 0.4) is 0 Å². The molecular weight excluding hydrogens is 436 g/mol. The molecule has 2 amide bonds. The van der Waals surface area contributed by atoms with Crippen LogP contribution in [-0.4, -0.2) is 59.5 Å². The number of rotatable bonds is 5. The van der Waals surface area contributed by atoms with Gasteiger partial charge < -0.3 is 19.9 Å². The highest BCUT2D eigenvalue weighted by atomic mass is 16.6. The number of alkyl carbamates (subject to hydrolysis) is 1. The van der Waals surface area contributed by atoms with E-state index in [0.29, 0.717) is 0 Å². The van der Waals surface area contributed by atoms with Crippen molar-refractivity contribution in [1.82, 2.24) is 10.2 Å². The first-order valence-corrected chi connectivity index (χ1v) is 11.5. The average Bonchev–Trinajstić information content (AvgIpc) is 3.35. The lowest BCUT2D eigenvalue weighted by molar-refractivity contribution is -0.142. The van der Waals surface area contributed by atoms with E-state index in [1.165, 1.54) is 4.90 Å². The van der Waals surface area contributed by atoms with E-state index in [9.17, 15) is 19.5 Å². The number of carboxylic acids is 1. The van der Waals surface area contributed by atoms with E-state index < -0.39 is 29.8 Å². The Balaban J connectivity index is 1.32. The van der Waals surface area contributed by atoms with Gasteiger partial charge in [-0.2, -0.15) is 0 Å². The van der Waals surface area contributed by atoms with Crippen molar-refractivity contribution >= 4 is 18.2 Å². The molecule has 1 aliphatic heterocycles. The summed E-state index contributed by atoms with van der Waals surface area (Å²) in [6.45, 7) is 5.79. The highest BCUT2D eigenvalue weighted by Crippen LogP contribution is 2.44. The molecule has 4 rings (SSSR count). The topological polar surface area (TPSA) is 105 Å². The van der Waals surface area contributed by atoms with Gasteiger partial charge in [0.15, 0.2) is 0 Å². The number of hydrogen-bond donors (Lipinski definition) is 2. The predicted molar refractivity (Wildman–Crippen MR) is 126 cm³/mol. The van der Waals surface area contributed by atoms with Crippen LogP contribution in [-0.2, 0) is 14.3 Å². The number of amides is 2. The Kier molecular flexibility index (Phi) is 6.50. The largest absolute Gasteiger partial charge is 0.480 e. The molecule has 0 aromatic heterocycles. The summed E-state index contributed by atoms with van der Waals surface area (Å²) in [7, 11) is 0. The highest BCUT2D eigenvalue weighted by molar-refractivity contribution is 5.81. The second kappa shape index (κ2) is 9.37. The van der Waals surface area contributed by atoms with Gasteiger partial charge in [-0.15, -0.1) is 0 Å². The molecule has 0 unspecified atom stereocenters. The third kappa shape index (κ3) is 5.00. The smallest absolute Gasteiger partial charge is 0.411 e. The van der Waals surface area contributed by atoms with Gasteiger partial charge in [-0.05, 0) is 55.4 Å². The van der Waals surface area contributed by atoms with Crippen LogP contribution in [0.1, 0.15) is 44.2 Å². The molecule has 8 nitrogen and oxygen atoms in total. The number of carbonyl (C=O) groups excluding carboxylic acids is 2. The molecule has 1 saturated heterocycles. The van der Waals surface area contributed by atoms with Crippen LogP contribution in [0.15, 0.2) is 48.5 Å². The van der Waals surface area contributed by atoms with Crippen LogP contribution >= 0.6 is 0 Å². The first-order valence-electron chi connectivity index (χ1n) is 11.5. The molecule has 2 N–H and O–H groups in total. The van der Waals surface area contributed by atoms with Crippen molar-refractivity contribution in [3.05, 3.63) is 59.7 Å². The van der Waals surface area contributed by atoms with Crippen LogP contribution in [0, 0.1) is 5.92 Å². The summed E-state index contributed by atoms with van der Waals surface area (Å²) in [5.74, 6) is -1.34. The number of carbonyl (C=O) groups is 3. The summed E-state index contributed by atoms with van der Waals surface area (Å²) in [5.41, 5.74) is 3.84. The van der Waals surface area contributed by atoms with E-state index >= 15 is 0 Å². The Morgan fingerprint density at radius 3 is 2.18 bits per heavy atom. The number of fused-ring (bicyclic) bond motifs is 3. The summed E-state index contributed by atoms with van der Waals surface area (Å²) >= 11 is 0. The minimum absolute atomic E-state index is 0.0383. The molecule has 1 aliphatic carbocycles. The lowest BCUT2D eigenvalue weighted by Gasteiger charge is -2.26. The molecule has 0 saturated carbocycles. The Bertz CT molecular complexity index is 1050. The third-order valence-corrected chi connectivity index (χ3v) is 6.18. The number of carboxylic acid groups (broad SMARTS) is 1. The molecule has 1 heterocycles. The Morgan fingerprint density at radius 2 is 1.62 bits per heavy atom. The van der Waals surface area contributed by atoms with Crippen LogP contribution in [0.2, 0.25) is 0 Å². The molecular formula is C26H30N2O6. The summed E-state index contributed by atoms with van der Waals surface area (Å²) in [6.07, 6.45) is -0.994. The summed E-state index contributed by atoms with van der Waals surface area (Å²) in [6, 6.07) is 15.2. The maximum atomic E-state index is 12.4. The summed E-state index contributed by atoms with van der Waals surface area (Å²) in [4.78, 5) is 37.8. The monoisotopic (exact) mass is 466 g/mol. The first kappa shape index (κ1) is 23.6. The molecule has 2 atom stereocenters. The van der Waals surface area contributed by atoms with Crippen molar-refractivity contribution in [2.45, 2.75) is 44.8 Å². The van der Waals surface area contributed by atoms with Gasteiger partial charge in [0, 0.05) is 19.0 Å². The van der Waals surface area contributed by atoms with E-state index in [4.69, 9.17) is 9.47 Å². The molecule has 34 heavy (non-hydrogen) atoms. The molecule has 0 radical (unpaired) electrons. The molecule has 2 aliphatic rings. The molecule has 8 heteroatoms. The maximum Gasteiger partial charge on any atom is 0.411 e. The second-order valence-corrected chi connectivity index (χ2v) is 9.79. The van der Waals surface area contributed by atoms with Crippen molar-refractivity contribution in [3.63, 3.8) is 0 Å². The van der Waals surface area contributed by atoms with E-state index in [1.807, 2.05) is 24.3 Å². The standard InChI is InChI=1S/C26H30N2O6/c1-26(2,3)34-25(32)28-14-16(12-22(28)23(29)30)13-27-24(31)33-15-21-19-10-6-4-8-17(19)18-9-5-7-11-20(18)21/h4-11,16,21-22H,12-15H2,1-3H3,(H,27,31)(H,29,30)/t16-,22-/m0/s1. The fourth-order valence-corrected chi connectivity index (χ4v) is 4.70. The van der Waals surface area contributed by atoms with Gasteiger partial charge in [0.25, 0.3) is 0 Å².